The summed E-state index contributed by atoms with van der Waals surface area (Å²) in [5.41, 5.74) is 2.04. The average Bonchev–Trinajstić information content (AvgIpc) is 2.84. The van der Waals surface area contributed by atoms with Crippen molar-refractivity contribution >= 4 is 38.9 Å². The molecule has 0 aliphatic heterocycles. The van der Waals surface area contributed by atoms with Gasteiger partial charge >= 0.3 is 0 Å². The summed E-state index contributed by atoms with van der Waals surface area (Å²) in [5.74, 6) is 1.48. The number of nitrogens with zero attached hydrogens (tertiary/aromatic N) is 2. The number of thiophene rings is 1. The number of fused-ring (bicyclic) bond motifs is 1. The highest BCUT2D eigenvalue weighted by Crippen LogP contribution is 2.32. The first-order chi connectivity index (χ1) is 10.4. The van der Waals surface area contributed by atoms with Gasteiger partial charge in [-0.3, -0.25) is 0 Å². The van der Waals surface area contributed by atoms with Crippen molar-refractivity contribution in [1.29, 1.82) is 0 Å². The Kier molecular flexibility index (Phi) is 3.74. The number of nitrogens with one attached hydrogen (secondary N) is 2. The van der Waals surface area contributed by atoms with Crippen LogP contribution in [0.25, 0.3) is 10.1 Å². The third kappa shape index (κ3) is 3.20. The monoisotopic (exact) mass is 312 g/mol. The van der Waals surface area contributed by atoms with E-state index in [1.807, 2.05) is 13.1 Å². The van der Waals surface area contributed by atoms with Gasteiger partial charge in [-0.1, -0.05) is 18.2 Å². The Morgan fingerprint density at radius 1 is 1.14 bits per heavy atom. The molecule has 3 rings (SSSR count). The fraction of sp³-hybridized carbons (Fsp3) is 0.294. The summed E-state index contributed by atoms with van der Waals surface area (Å²) in [6.07, 6.45) is 1.85. The van der Waals surface area contributed by atoms with Crippen LogP contribution < -0.4 is 10.6 Å². The van der Waals surface area contributed by atoms with Gasteiger partial charge in [0.05, 0.1) is 5.69 Å². The molecule has 0 spiro atoms. The highest BCUT2D eigenvalue weighted by molar-refractivity contribution is 7.17. The molecule has 0 saturated carbocycles. The zero-order valence-electron chi connectivity index (χ0n) is 13.3. The molecule has 0 aliphatic rings. The van der Waals surface area contributed by atoms with Gasteiger partial charge in [-0.25, -0.2) is 4.98 Å². The van der Waals surface area contributed by atoms with Crippen LogP contribution in [0.4, 0.5) is 17.5 Å². The highest BCUT2D eigenvalue weighted by Gasteiger charge is 2.13. The van der Waals surface area contributed by atoms with Crippen LogP contribution in [0.2, 0.25) is 0 Å². The second kappa shape index (κ2) is 5.57. The third-order valence-corrected chi connectivity index (χ3v) is 4.16. The van der Waals surface area contributed by atoms with E-state index >= 15 is 0 Å². The van der Waals surface area contributed by atoms with Gasteiger partial charge in [-0.2, -0.15) is 4.98 Å². The van der Waals surface area contributed by atoms with Crippen LogP contribution in [0.3, 0.4) is 0 Å². The normalized spacial score (nSPS) is 11.6. The lowest BCUT2D eigenvalue weighted by atomic mass is 10.1. The number of aryl methyl sites for hydroxylation is 1. The molecule has 0 radical (unpaired) electrons. The lowest BCUT2D eigenvalue weighted by Gasteiger charge is -2.21. The van der Waals surface area contributed by atoms with E-state index in [1.54, 1.807) is 11.3 Å². The van der Waals surface area contributed by atoms with E-state index in [1.165, 1.54) is 10.1 Å². The largest absolute Gasteiger partial charge is 0.350 e. The fourth-order valence-corrected chi connectivity index (χ4v) is 3.06. The van der Waals surface area contributed by atoms with Gasteiger partial charge in [0, 0.05) is 32.8 Å². The van der Waals surface area contributed by atoms with E-state index in [0.717, 1.165) is 17.1 Å². The molecule has 0 atom stereocenters. The molecule has 0 fully saturated rings. The molecule has 0 unspecified atom stereocenters. The SMILES string of the molecule is Cc1cnc(NC(C)(C)C)nc1Nc1csc2ccccc12. The van der Waals surface area contributed by atoms with Crippen molar-refractivity contribution in [2.75, 3.05) is 10.6 Å². The number of aromatic nitrogens is 2. The number of anilines is 3. The van der Waals surface area contributed by atoms with Crippen molar-refractivity contribution in [3.8, 4) is 0 Å². The summed E-state index contributed by atoms with van der Waals surface area (Å²) < 4.78 is 1.27. The molecule has 2 aromatic heterocycles. The lowest BCUT2D eigenvalue weighted by Crippen LogP contribution is -2.27. The van der Waals surface area contributed by atoms with Gasteiger partial charge in [-0.15, -0.1) is 11.3 Å². The van der Waals surface area contributed by atoms with Gasteiger partial charge in [0.2, 0.25) is 5.95 Å². The summed E-state index contributed by atoms with van der Waals surface area (Å²) in [6.45, 7) is 8.29. The number of hydrogen-bond acceptors (Lipinski definition) is 5. The molecule has 22 heavy (non-hydrogen) atoms. The molecule has 0 bridgehead atoms. The summed E-state index contributed by atoms with van der Waals surface area (Å²) in [6, 6.07) is 8.37. The molecule has 0 aliphatic carbocycles. The molecule has 3 aromatic rings. The molecule has 5 heteroatoms. The average molecular weight is 312 g/mol. The number of benzene rings is 1. The van der Waals surface area contributed by atoms with Gasteiger partial charge in [0.1, 0.15) is 5.82 Å². The van der Waals surface area contributed by atoms with Crippen molar-refractivity contribution in [2.45, 2.75) is 33.2 Å². The minimum absolute atomic E-state index is 0.0679. The Morgan fingerprint density at radius 2 is 1.91 bits per heavy atom. The highest BCUT2D eigenvalue weighted by atomic mass is 32.1. The van der Waals surface area contributed by atoms with Crippen LogP contribution in [-0.2, 0) is 0 Å². The predicted molar refractivity (Wildman–Crippen MR) is 95.3 cm³/mol. The molecule has 0 saturated heterocycles. The third-order valence-electron chi connectivity index (χ3n) is 3.19. The van der Waals surface area contributed by atoms with Crippen molar-refractivity contribution in [3.05, 3.63) is 41.4 Å². The smallest absolute Gasteiger partial charge is 0.225 e. The number of hydrogen-bond donors (Lipinski definition) is 2. The second-order valence-corrected chi connectivity index (χ2v) is 7.28. The Morgan fingerprint density at radius 3 is 2.68 bits per heavy atom. The van der Waals surface area contributed by atoms with E-state index < -0.39 is 0 Å². The first kappa shape index (κ1) is 14.8. The lowest BCUT2D eigenvalue weighted by molar-refractivity contribution is 0.626. The van der Waals surface area contributed by atoms with E-state index in [-0.39, 0.29) is 5.54 Å². The standard InChI is InChI=1S/C17H20N4S/c1-11-9-18-16(21-17(2,3)4)20-15(11)19-13-10-22-14-8-6-5-7-12(13)14/h5-10H,1-4H3,(H2,18,19,20,21). The molecule has 1 aromatic carbocycles. The van der Waals surface area contributed by atoms with Crippen LogP contribution in [0.1, 0.15) is 26.3 Å². The zero-order valence-corrected chi connectivity index (χ0v) is 14.1. The summed E-state index contributed by atoms with van der Waals surface area (Å²) in [5, 5.41) is 10.1. The molecular weight excluding hydrogens is 292 g/mol. The first-order valence-electron chi connectivity index (χ1n) is 7.27. The van der Waals surface area contributed by atoms with E-state index in [4.69, 9.17) is 0 Å². The Hall–Kier alpha value is -2.14. The Bertz CT molecular complexity index is 802. The quantitative estimate of drug-likeness (QED) is 0.718. The minimum atomic E-state index is -0.0679. The molecule has 2 N–H and O–H groups in total. The molecule has 4 nitrogen and oxygen atoms in total. The predicted octanol–water partition coefficient (Wildman–Crippen LogP) is 4.95. The van der Waals surface area contributed by atoms with Gasteiger partial charge in [0.15, 0.2) is 0 Å². The van der Waals surface area contributed by atoms with Gasteiger partial charge in [0.25, 0.3) is 0 Å². The Balaban J connectivity index is 1.93. The summed E-state index contributed by atoms with van der Waals surface area (Å²) in [4.78, 5) is 8.97. The van der Waals surface area contributed by atoms with Crippen molar-refractivity contribution < 1.29 is 0 Å². The second-order valence-electron chi connectivity index (χ2n) is 6.37. The van der Waals surface area contributed by atoms with Gasteiger partial charge < -0.3 is 10.6 Å². The van der Waals surface area contributed by atoms with E-state index in [2.05, 4.69) is 71.0 Å². The zero-order chi connectivity index (χ0) is 15.7. The maximum absolute atomic E-state index is 4.61. The maximum Gasteiger partial charge on any atom is 0.225 e. The van der Waals surface area contributed by atoms with Crippen molar-refractivity contribution in [2.24, 2.45) is 0 Å². The van der Waals surface area contributed by atoms with Crippen LogP contribution in [0.5, 0.6) is 0 Å². The van der Waals surface area contributed by atoms with E-state index in [9.17, 15) is 0 Å². The maximum atomic E-state index is 4.61. The topological polar surface area (TPSA) is 49.8 Å². The summed E-state index contributed by atoms with van der Waals surface area (Å²) >= 11 is 1.73. The first-order valence-corrected chi connectivity index (χ1v) is 8.15. The van der Waals surface area contributed by atoms with Crippen LogP contribution in [0, 0.1) is 6.92 Å². The van der Waals surface area contributed by atoms with Crippen molar-refractivity contribution in [3.63, 3.8) is 0 Å². The molecule has 114 valence electrons. The number of rotatable bonds is 3. The molecule has 0 amide bonds. The molecule has 2 heterocycles. The summed E-state index contributed by atoms with van der Waals surface area (Å²) in [7, 11) is 0. The minimum Gasteiger partial charge on any atom is -0.350 e. The molecular formula is C17H20N4S. The fourth-order valence-electron chi connectivity index (χ4n) is 2.17. The van der Waals surface area contributed by atoms with E-state index in [0.29, 0.717) is 5.95 Å². The van der Waals surface area contributed by atoms with Gasteiger partial charge in [-0.05, 0) is 33.8 Å². The van der Waals surface area contributed by atoms with Crippen LogP contribution in [-0.4, -0.2) is 15.5 Å². The van der Waals surface area contributed by atoms with Crippen LogP contribution in [0.15, 0.2) is 35.8 Å². The van der Waals surface area contributed by atoms with Crippen LogP contribution >= 0.6 is 11.3 Å². The van der Waals surface area contributed by atoms with Crippen molar-refractivity contribution in [1.82, 2.24) is 9.97 Å². The Labute approximate surface area is 134 Å².